The smallest absolute Gasteiger partial charge is 0.167 e. The second-order valence-electron chi connectivity index (χ2n) is 3.91. The van der Waals surface area contributed by atoms with Crippen LogP contribution in [0.25, 0.3) is 0 Å². The van der Waals surface area contributed by atoms with Gasteiger partial charge < -0.3 is 5.32 Å². The predicted octanol–water partition coefficient (Wildman–Crippen LogP) is 2.01. The van der Waals surface area contributed by atoms with E-state index in [1.165, 1.54) is 12.1 Å². The van der Waals surface area contributed by atoms with Gasteiger partial charge in [0.15, 0.2) is 5.78 Å². The molecular formula is C12H14FNO. The number of carbonyl (C=O) groups excluding carboxylic acids is 1. The molecule has 1 aromatic carbocycles. The highest BCUT2D eigenvalue weighted by Crippen LogP contribution is 2.16. The van der Waals surface area contributed by atoms with Crippen LogP contribution >= 0.6 is 0 Å². The molecule has 1 N–H and O–H groups in total. The van der Waals surface area contributed by atoms with Crippen molar-refractivity contribution in [1.29, 1.82) is 0 Å². The van der Waals surface area contributed by atoms with Gasteiger partial charge in [0, 0.05) is 18.0 Å². The van der Waals surface area contributed by atoms with Crippen molar-refractivity contribution in [3.63, 3.8) is 0 Å². The molecule has 1 saturated heterocycles. The molecule has 0 aliphatic carbocycles. The Balaban J connectivity index is 2.09. The number of piperidine rings is 1. The molecule has 1 unspecified atom stereocenters. The third-order valence-corrected chi connectivity index (χ3v) is 2.80. The molecule has 2 nitrogen and oxygen atoms in total. The van der Waals surface area contributed by atoms with Crippen LogP contribution in [0.5, 0.6) is 0 Å². The lowest BCUT2D eigenvalue weighted by Gasteiger charge is -2.21. The predicted molar refractivity (Wildman–Crippen MR) is 56.3 cm³/mol. The second-order valence-corrected chi connectivity index (χ2v) is 3.91. The van der Waals surface area contributed by atoms with Gasteiger partial charge in [0.05, 0.1) is 0 Å². The Kier molecular flexibility index (Phi) is 3.11. The van der Waals surface area contributed by atoms with Gasteiger partial charge in [-0.1, -0.05) is 0 Å². The molecule has 0 spiro atoms. The molecule has 15 heavy (non-hydrogen) atoms. The van der Waals surface area contributed by atoms with E-state index in [-0.39, 0.29) is 17.5 Å². The van der Waals surface area contributed by atoms with Gasteiger partial charge in [0.25, 0.3) is 0 Å². The topological polar surface area (TPSA) is 29.1 Å². The van der Waals surface area contributed by atoms with Crippen molar-refractivity contribution in [3.05, 3.63) is 35.6 Å². The summed E-state index contributed by atoms with van der Waals surface area (Å²) in [4.78, 5) is 11.9. The largest absolute Gasteiger partial charge is 0.316 e. The van der Waals surface area contributed by atoms with Crippen LogP contribution in [0.1, 0.15) is 23.2 Å². The summed E-state index contributed by atoms with van der Waals surface area (Å²) in [6, 6.07) is 5.80. The molecule has 1 aromatic rings. The Morgan fingerprint density at radius 3 is 2.67 bits per heavy atom. The summed E-state index contributed by atoms with van der Waals surface area (Å²) in [5.41, 5.74) is 0.616. The van der Waals surface area contributed by atoms with Crippen LogP contribution < -0.4 is 5.32 Å². The molecule has 80 valence electrons. The molecule has 3 heteroatoms. The highest BCUT2D eigenvalue weighted by atomic mass is 19.1. The third-order valence-electron chi connectivity index (χ3n) is 2.80. The van der Waals surface area contributed by atoms with E-state index >= 15 is 0 Å². The van der Waals surface area contributed by atoms with Crippen LogP contribution in [-0.4, -0.2) is 18.9 Å². The van der Waals surface area contributed by atoms with E-state index < -0.39 is 0 Å². The standard InChI is InChI=1S/C12H14FNO/c13-11-5-3-9(4-6-11)12(15)10-2-1-7-14-8-10/h3-6,10,14H,1-2,7-8H2. The lowest BCUT2D eigenvalue weighted by Crippen LogP contribution is -2.34. The van der Waals surface area contributed by atoms with Crippen LogP contribution in [-0.2, 0) is 0 Å². The third kappa shape index (κ3) is 2.42. The van der Waals surface area contributed by atoms with Gasteiger partial charge in [0.1, 0.15) is 5.82 Å². The number of hydrogen-bond acceptors (Lipinski definition) is 2. The zero-order valence-corrected chi connectivity index (χ0v) is 8.50. The van der Waals surface area contributed by atoms with Gasteiger partial charge in [-0.3, -0.25) is 4.79 Å². The normalized spacial score (nSPS) is 21.3. The maximum absolute atomic E-state index is 12.7. The fourth-order valence-electron chi connectivity index (χ4n) is 1.93. The molecule has 0 aromatic heterocycles. The first-order valence-electron chi connectivity index (χ1n) is 5.28. The molecular weight excluding hydrogens is 193 g/mol. The van der Waals surface area contributed by atoms with E-state index in [1.807, 2.05) is 0 Å². The van der Waals surface area contributed by atoms with E-state index in [1.54, 1.807) is 12.1 Å². The summed E-state index contributed by atoms with van der Waals surface area (Å²) in [6.07, 6.45) is 1.97. The van der Waals surface area contributed by atoms with E-state index in [9.17, 15) is 9.18 Å². The molecule has 0 saturated carbocycles. The van der Waals surface area contributed by atoms with E-state index in [0.717, 1.165) is 25.9 Å². The second kappa shape index (κ2) is 4.53. The number of Topliss-reactive ketones (excluding diaryl/α,β-unsaturated/α-hetero) is 1. The van der Waals surface area contributed by atoms with Crippen LogP contribution in [0.4, 0.5) is 4.39 Å². The monoisotopic (exact) mass is 207 g/mol. The Morgan fingerprint density at radius 2 is 2.07 bits per heavy atom. The van der Waals surface area contributed by atoms with Crippen LogP contribution in [0.15, 0.2) is 24.3 Å². The zero-order chi connectivity index (χ0) is 10.7. The Morgan fingerprint density at radius 1 is 1.33 bits per heavy atom. The summed E-state index contributed by atoms with van der Waals surface area (Å²) >= 11 is 0. The van der Waals surface area contributed by atoms with Gasteiger partial charge >= 0.3 is 0 Å². The minimum atomic E-state index is -0.298. The van der Waals surface area contributed by atoms with Crippen molar-refractivity contribution >= 4 is 5.78 Å². The Bertz CT molecular complexity index is 341. The van der Waals surface area contributed by atoms with Crippen molar-refractivity contribution in [1.82, 2.24) is 5.32 Å². The maximum Gasteiger partial charge on any atom is 0.167 e. The summed E-state index contributed by atoms with van der Waals surface area (Å²) < 4.78 is 12.7. The summed E-state index contributed by atoms with van der Waals surface area (Å²) in [7, 11) is 0. The molecule has 1 aliphatic rings. The van der Waals surface area contributed by atoms with Crippen molar-refractivity contribution in [2.75, 3.05) is 13.1 Å². The van der Waals surface area contributed by atoms with E-state index in [0.29, 0.717) is 5.56 Å². The number of nitrogens with one attached hydrogen (secondary N) is 1. The highest BCUT2D eigenvalue weighted by Gasteiger charge is 2.21. The minimum Gasteiger partial charge on any atom is -0.316 e. The highest BCUT2D eigenvalue weighted by molar-refractivity contribution is 5.98. The molecule has 1 heterocycles. The van der Waals surface area contributed by atoms with Crippen LogP contribution in [0, 0.1) is 11.7 Å². The van der Waals surface area contributed by atoms with Crippen molar-refractivity contribution in [3.8, 4) is 0 Å². The quantitative estimate of drug-likeness (QED) is 0.751. The molecule has 1 fully saturated rings. The van der Waals surface area contributed by atoms with Gasteiger partial charge in [-0.25, -0.2) is 4.39 Å². The Labute approximate surface area is 88.5 Å². The van der Waals surface area contributed by atoms with Crippen LogP contribution in [0.2, 0.25) is 0 Å². The average molecular weight is 207 g/mol. The average Bonchev–Trinajstić information content (AvgIpc) is 2.30. The molecule has 1 atom stereocenters. The van der Waals surface area contributed by atoms with Crippen molar-refractivity contribution in [2.24, 2.45) is 5.92 Å². The zero-order valence-electron chi connectivity index (χ0n) is 8.50. The first-order valence-corrected chi connectivity index (χ1v) is 5.28. The number of hydrogen-bond donors (Lipinski definition) is 1. The SMILES string of the molecule is O=C(c1ccc(F)cc1)C1CCCNC1. The molecule has 0 amide bonds. The number of rotatable bonds is 2. The van der Waals surface area contributed by atoms with Gasteiger partial charge in [-0.15, -0.1) is 0 Å². The summed E-state index contributed by atoms with van der Waals surface area (Å²) in [5.74, 6) is -0.111. The maximum atomic E-state index is 12.7. The van der Waals surface area contributed by atoms with Crippen LogP contribution in [0.3, 0.4) is 0 Å². The number of ketones is 1. The summed E-state index contributed by atoms with van der Waals surface area (Å²) in [5, 5.41) is 3.20. The fourth-order valence-corrected chi connectivity index (χ4v) is 1.93. The molecule has 2 rings (SSSR count). The number of halogens is 1. The number of carbonyl (C=O) groups is 1. The van der Waals surface area contributed by atoms with E-state index in [2.05, 4.69) is 5.32 Å². The van der Waals surface area contributed by atoms with Gasteiger partial charge in [-0.2, -0.15) is 0 Å². The van der Waals surface area contributed by atoms with Gasteiger partial charge in [-0.05, 0) is 43.7 Å². The first-order chi connectivity index (χ1) is 7.27. The van der Waals surface area contributed by atoms with E-state index in [4.69, 9.17) is 0 Å². The Hall–Kier alpha value is -1.22. The summed E-state index contributed by atoms with van der Waals surface area (Å²) in [6.45, 7) is 1.74. The number of benzene rings is 1. The fraction of sp³-hybridized carbons (Fsp3) is 0.417. The first kappa shape index (κ1) is 10.3. The van der Waals surface area contributed by atoms with Crippen molar-refractivity contribution in [2.45, 2.75) is 12.8 Å². The lowest BCUT2D eigenvalue weighted by molar-refractivity contribution is 0.0899. The molecule has 0 bridgehead atoms. The minimum absolute atomic E-state index is 0.0595. The molecule has 1 aliphatic heterocycles. The van der Waals surface area contributed by atoms with Gasteiger partial charge in [0.2, 0.25) is 0 Å². The van der Waals surface area contributed by atoms with Crippen molar-refractivity contribution < 1.29 is 9.18 Å². The lowest BCUT2D eigenvalue weighted by atomic mass is 9.91. The molecule has 0 radical (unpaired) electrons.